The van der Waals surface area contributed by atoms with E-state index in [1.807, 2.05) is 0 Å². The summed E-state index contributed by atoms with van der Waals surface area (Å²) in [6.45, 7) is 0. The van der Waals surface area contributed by atoms with Crippen LogP contribution in [0.2, 0.25) is 0 Å². The highest BCUT2D eigenvalue weighted by Crippen LogP contribution is 1.93. The van der Waals surface area contributed by atoms with Crippen molar-refractivity contribution in [1.82, 2.24) is 0 Å². The van der Waals surface area contributed by atoms with E-state index < -0.39 is 11.9 Å². The smallest absolute Gasteiger partial charge is 0.328 e. The molecule has 0 bridgehead atoms. The fourth-order valence-electron chi connectivity index (χ4n) is 0.928. The fourth-order valence-corrected chi connectivity index (χ4v) is 0.928. The molecule has 0 aromatic carbocycles. The summed E-state index contributed by atoms with van der Waals surface area (Å²) in [5.41, 5.74) is 0. The Morgan fingerprint density at radius 1 is 0.722 bits per heavy atom. The van der Waals surface area contributed by atoms with Crippen LogP contribution < -0.4 is 0 Å². The van der Waals surface area contributed by atoms with E-state index >= 15 is 0 Å². The van der Waals surface area contributed by atoms with Crippen molar-refractivity contribution in [2.24, 2.45) is 0 Å². The molecule has 0 atom stereocenters. The molecule has 4 nitrogen and oxygen atoms in total. The van der Waals surface area contributed by atoms with Gasteiger partial charge in [0, 0.05) is 12.2 Å². The van der Waals surface area contributed by atoms with Gasteiger partial charge >= 0.3 is 11.9 Å². The van der Waals surface area contributed by atoms with Gasteiger partial charge in [-0.3, -0.25) is 0 Å². The van der Waals surface area contributed by atoms with E-state index in [1.54, 1.807) is 0 Å². The van der Waals surface area contributed by atoms with Gasteiger partial charge in [0.1, 0.15) is 0 Å². The molecular weight excluding hydrogens is 232 g/mol. The maximum Gasteiger partial charge on any atom is 0.328 e. The van der Waals surface area contributed by atoms with Crippen molar-refractivity contribution < 1.29 is 19.8 Å². The van der Waals surface area contributed by atoms with Gasteiger partial charge < -0.3 is 10.2 Å². The quantitative estimate of drug-likeness (QED) is 0.737. The highest BCUT2D eigenvalue weighted by Gasteiger charge is 1.88. The largest absolute Gasteiger partial charge is 0.478 e. The average Bonchev–Trinajstić information content (AvgIpc) is 3.03. The third-order valence-electron chi connectivity index (χ3n) is 1.68. The Balaban J connectivity index is 0.000000250. The van der Waals surface area contributed by atoms with E-state index in [9.17, 15) is 9.59 Å². The van der Waals surface area contributed by atoms with Crippen LogP contribution >= 0.6 is 0 Å². The molecule has 4 heteroatoms. The normalized spacial score (nSPS) is 14.0. The molecule has 2 N–H and O–H groups in total. The van der Waals surface area contributed by atoms with E-state index in [0.29, 0.717) is 12.2 Å². The summed E-state index contributed by atoms with van der Waals surface area (Å²) in [6, 6.07) is 0. The zero-order chi connectivity index (χ0) is 13.6. The number of allylic oxidation sites excluding steroid dienone is 8. The Labute approximate surface area is 106 Å². The molecule has 0 saturated carbocycles. The first kappa shape index (κ1) is 15.6. The minimum absolute atomic E-state index is 0.558. The van der Waals surface area contributed by atoms with Crippen LogP contribution in [0.3, 0.4) is 0 Å². The summed E-state index contributed by atoms with van der Waals surface area (Å²) in [6.07, 6.45) is 20.1. The van der Waals surface area contributed by atoms with E-state index in [0.717, 1.165) is 12.8 Å². The van der Waals surface area contributed by atoms with Crippen molar-refractivity contribution in [3.05, 3.63) is 60.8 Å². The summed E-state index contributed by atoms with van der Waals surface area (Å²) in [5, 5.41) is 15.6. The molecule has 0 unspecified atom stereocenters. The van der Waals surface area contributed by atoms with Crippen LogP contribution in [0.4, 0.5) is 0 Å². The highest BCUT2D eigenvalue weighted by molar-refractivity contribution is 5.89. The van der Waals surface area contributed by atoms with Crippen molar-refractivity contribution in [2.45, 2.75) is 12.8 Å². The molecule has 0 amide bonds. The van der Waals surface area contributed by atoms with Gasteiger partial charge in [-0.25, -0.2) is 9.59 Å². The van der Waals surface area contributed by atoms with Gasteiger partial charge in [0.15, 0.2) is 0 Å². The van der Waals surface area contributed by atoms with Gasteiger partial charge in [-0.1, -0.05) is 48.6 Å². The SMILES string of the molecule is C1=CCC=C1.C1=CCC=C1.O=C(O)/C=C\C(=O)O. The van der Waals surface area contributed by atoms with Gasteiger partial charge in [0.05, 0.1) is 0 Å². The van der Waals surface area contributed by atoms with Gasteiger partial charge in [-0.05, 0) is 12.8 Å². The molecule has 18 heavy (non-hydrogen) atoms. The summed E-state index contributed by atoms with van der Waals surface area (Å²) >= 11 is 0. The predicted molar refractivity (Wildman–Crippen MR) is 70.2 cm³/mol. The van der Waals surface area contributed by atoms with E-state index in [1.165, 1.54) is 0 Å². The number of rotatable bonds is 2. The lowest BCUT2D eigenvalue weighted by Crippen LogP contribution is -1.91. The average molecular weight is 248 g/mol. The molecule has 2 rings (SSSR count). The Morgan fingerprint density at radius 2 is 1.00 bits per heavy atom. The van der Waals surface area contributed by atoms with Gasteiger partial charge in [-0.15, -0.1) is 0 Å². The Kier molecular flexibility index (Phi) is 9.68. The summed E-state index contributed by atoms with van der Waals surface area (Å²) in [7, 11) is 0. The van der Waals surface area contributed by atoms with Crippen LogP contribution in [-0.4, -0.2) is 22.2 Å². The maximum absolute atomic E-state index is 9.55. The van der Waals surface area contributed by atoms with Crippen molar-refractivity contribution in [3.8, 4) is 0 Å². The lowest BCUT2D eigenvalue weighted by molar-refractivity contribution is -0.134. The lowest BCUT2D eigenvalue weighted by Gasteiger charge is -1.74. The monoisotopic (exact) mass is 248 g/mol. The molecule has 0 saturated heterocycles. The maximum atomic E-state index is 9.55. The molecule has 0 aliphatic heterocycles. The predicted octanol–water partition coefficient (Wildman–Crippen LogP) is 2.72. The second-order valence-electron chi connectivity index (χ2n) is 3.19. The van der Waals surface area contributed by atoms with Crippen LogP contribution in [0.5, 0.6) is 0 Å². The third-order valence-corrected chi connectivity index (χ3v) is 1.68. The fraction of sp³-hybridized carbons (Fsp3) is 0.143. The van der Waals surface area contributed by atoms with E-state index in [2.05, 4.69) is 48.6 Å². The van der Waals surface area contributed by atoms with E-state index in [-0.39, 0.29) is 0 Å². The highest BCUT2D eigenvalue weighted by atomic mass is 16.4. The number of carbonyl (C=O) groups is 2. The van der Waals surface area contributed by atoms with Crippen LogP contribution in [-0.2, 0) is 9.59 Å². The second kappa shape index (κ2) is 11.1. The van der Waals surface area contributed by atoms with Gasteiger partial charge in [-0.2, -0.15) is 0 Å². The first-order valence-electron chi connectivity index (χ1n) is 5.40. The molecule has 0 fully saturated rings. The number of carboxylic acid groups (broad SMARTS) is 2. The molecule has 2 aliphatic rings. The van der Waals surface area contributed by atoms with Crippen molar-refractivity contribution in [3.63, 3.8) is 0 Å². The number of hydrogen-bond acceptors (Lipinski definition) is 2. The van der Waals surface area contributed by atoms with Crippen LogP contribution in [0.25, 0.3) is 0 Å². The van der Waals surface area contributed by atoms with Crippen LogP contribution in [0.15, 0.2) is 60.8 Å². The standard InChI is InChI=1S/2C5H6.C4H4O4/c2*1-2-4-5-3-1;5-3(6)1-2-4(7)8/h2*1-4H,5H2;1-2H,(H,5,6)(H,7,8)/b;;2-1-. The Morgan fingerprint density at radius 3 is 1.11 bits per heavy atom. The lowest BCUT2D eigenvalue weighted by atomic mass is 10.5. The summed E-state index contributed by atoms with van der Waals surface area (Å²) < 4.78 is 0. The summed E-state index contributed by atoms with van der Waals surface area (Å²) in [5.74, 6) is -2.51. The van der Waals surface area contributed by atoms with Crippen LogP contribution in [0.1, 0.15) is 12.8 Å². The Bertz CT molecular complexity index is 340. The van der Waals surface area contributed by atoms with Gasteiger partial charge in [0.25, 0.3) is 0 Å². The molecule has 96 valence electrons. The van der Waals surface area contributed by atoms with Gasteiger partial charge in [0.2, 0.25) is 0 Å². The minimum Gasteiger partial charge on any atom is -0.478 e. The van der Waals surface area contributed by atoms with Crippen molar-refractivity contribution in [2.75, 3.05) is 0 Å². The third kappa shape index (κ3) is 13.6. The zero-order valence-electron chi connectivity index (χ0n) is 9.90. The number of hydrogen-bond donors (Lipinski definition) is 2. The van der Waals surface area contributed by atoms with Crippen LogP contribution in [0, 0.1) is 0 Å². The molecule has 2 aliphatic carbocycles. The first-order valence-corrected chi connectivity index (χ1v) is 5.40. The Hall–Kier alpha value is -2.36. The summed E-state index contributed by atoms with van der Waals surface area (Å²) in [4.78, 5) is 19.1. The van der Waals surface area contributed by atoms with E-state index in [4.69, 9.17) is 10.2 Å². The number of carboxylic acids is 2. The number of aliphatic carboxylic acids is 2. The first-order chi connectivity index (χ1) is 8.63. The molecule has 0 heterocycles. The van der Waals surface area contributed by atoms with Crippen molar-refractivity contribution in [1.29, 1.82) is 0 Å². The molecule has 0 aromatic heterocycles. The molecule has 0 spiro atoms. The zero-order valence-corrected chi connectivity index (χ0v) is 9.90. The van der Waals surface area contributed by atoms with Crippen molar-refractivity contribution >= 4 is 11.9 Å². The molecule has 0 radical (unpaired) electrons. The second-order valence-corrected chi connectivity index (χ2v) is 3.19. The topological polar surface area (TPSA) is 74.6 Å². The molecule has 0 aromatic rings. The minimum atomic E-state index is -1.26. The molecular formula is C14H16O4.